The number of hydrogen-bond donors (Lipinski definition) is 1. The molecule has 2 rings (SSSR count). The molecule has 0 saturated heterocycles. The minimum Gasteiger partial charge on any atom is -0.489 e. The summed E-state index contributed by atoms with van der Waals surface area (Å²) in [5, 5.41) is 2.72. The molecule has 1 atom stereocenters. The predicted molar refractivity (Wildman–Crippen MR) is 96.2 cm³/mol. The highest BCUT2D eigenvalue weighted by Crippen LogP contribution is 2.17. The van der Waals surface area contributed by atoms with Crippen LogP contribution in [0, 0.1) is 5.92 Å². The number of benzene rings is 2. The van der Waals surface area contributed by atoms with E-state index in [1.807, 2.05) is 30.3 Å². The third-order valence-electron chi connectivity index (χ3n) is 3.50. The van der Waals surface area contributed by atoms with Crippen molar-refractivity contribution in [1.29, 1.82) is 0 Å². The van der Waals surface area contributed by atoms with Gasteiger partial charge in [-0.15, -0.1) is 0 Å². The van der Waals surface area contributed by atoms with E-state index in [0.29, 0.717) is 18.0 Å². The summed E-state index contributed by atoms with van der Waals surface area (Å²) in [5.74, 6) is -0.323. The Kier molecular flexibility index (Phi) is 6.57. The van der Waals surface area contributed by atoms with Crippen molar-refractivity contribution in [3.63, 3.8) is 0 Å². The fourth-order valence-corrected chi connectivity index (χ4v) is 1.98. The number of carbonyl (C=O) groups is 2. The molecule has 0 radical (unpaired) electrons. The second-order valence-electron chi connectivity index (χ2n) is 6.02. The van der Waals surface area contributed by atoms with Gasteiger partial charge in [0.1, 0.15) is 12.4 Å². The third-order valence-corrected chi connectivity index (χ3v) is 3.50. The number of amides is 1. The van der Waals surface area contributed by atoms with E-state index in [2.05, 4.69) is 5.32 Å². The van der Waals surface area contributed by atoms with Crippen LogP contribution in [0.15, 0.2) is 54.6 Å². The highest BCUT2D eigenvalue weighted by molar-refractivity contribution is 5.95. The third kappa shape index (κ3) is 5.95. The molecule has 0 aliphatic carbocycles. The molecule has 0 aromatic heterocycles. The lowest BCUT2D eigenvalue weighted by Crippen LogP contribution is -2.31. The normalized spacial score (nSPS) is 11.7. The summed E-state index contributed by atoms with van der Waals surface area (Å²) in [5.41, 5.74) is 1.70. The van der Waals surface area contributed by atoms with Crippen LogP contribution in [0.4, 0.5) is 5.69 Å². The summed E-state index contributed by atoms with van der Waals surface area (Å²) in [7, 11) is 0. The summed E-state index contributed by atoms with van der Waals surface area (Å²) in [6, 6.07) is 16.9. The predicted octanol–water partition coefficient (Wildman–Crippen LogP) is 3.79. The van der Waals surface area contributed by atoms with Crippen molar-refractivity contribution in [2.24, 2.45) is 5.92 Å². The monoisotopic (exact) mass is 341 g/mol. The molecule has 5 nitrogen and oxygen atoms in total. The second kappa shape index (κ2) is 8.87. The molecule has 2 aromatic rings. The van der Waals surface area contributed by atoms with Gasteiger partial charge in [-0.3, -0.25) is 9.59 Å². The number of carbonyl (C=O) groups excluding carboxylic acids is 2. The number of anilines is 1. The van der Waals surface area contributed by atoms with Crippen LogP contribution in [0.2, 0.25) is 0 Å². The average Bonchev–Trinajstić information content (AvgIpc) is 2.61. The lowest BCUT2D eigenvalue weighted by Gasteiger charge is -2.15. The fourth-order valence-electron chi connectivity index (χ4n) is 1.98. The van der Waals surface area contributed by atoms with Crippen LogP contribution in [0.1, 0.15) is 26.3 Å². The van der Waals surface area contributed by atoms with E-state index >= 15 is 0 Å². The van der Waals surface area contributed by atoms with Crippen molar-refractivity contribution < 1.29 is 19.1 Å². The maximum atomic E-state index is 12.0. The Labute approximate surface area is 148 Å². The Bertz CT molecular complexity index is 695. The molecule has 132 valence electrons. The second-order valence-corrected chi connectivity index (χ2v) is 6.02. The van der Waals surface area contributed by atoms with Gasteiger partial charge < -0.3 is 14.8 Å². The fraction of sp³-hybridized carbons (Fsp3) is 0.300. The van der Waals surface area contributed by atoms with Gasteiger partial charge in [0.05, 0.1) is 5.92 Å². The average molecular weight is 341 g/mol. The van der Waals surface area contributed by atoms with E-state index in [1.54, 1.807) is 45.0 Å². The maximum absolute atomic E-state index is 12.0. The van der Waals surface area contributed by atoms with Crippen LogP contribution in [0.3, 0.4) is 0 Å². The van der Waals surface area contributed by atoms with Crippen LogP contribution in [-0.4, -0.2) is 18.0 Å². The summed E-state index contributed by atoms with van der Waals surface area (Å²) in [4.78, 5) is 23.6. The lowest BCUT2D eigenvalue weighted by molar-refractivity contribution is -0.156. The Morgan fingerprint density at radius 1 is 0.960 bits per heavy atom. The van der Waals surface area contributed by atoms with Crippen molar-refractivity contribution in [1.82, 2.24) is 0 Å². The summed E-state index contributed by atoms with van der Waals surface area (Å²) in [6.45, 7) is 5.48. The zero-order valence-corrected chi connectivity index (χ0v) is 14.7. The van der Waals surface area contributed by atoms with Gasteiger partial charge in [0.2, 0.25) is 0 Å². The Hall–Kier alpha value is -2.82. The molecular formula is C20H23NO4. The molecule has 1 amide bonds. The summed E-state index contributed by atoms with van der Waals surface area (Å²) in [6.07, 6.45) is -0.844. The first kappa shape index (κ1) is 18.5. The first-order chi connectivity index (χ1) is 12.0. The summed E-state index contributed by atoms with van der Waals surface area (Å²) >= 11 is 0. The SMILES string of the molecule is CC(C)C(=O)O[C@H](C)C(=O)Nc1ccc(OCc2ccccc2)cc1. The van der Waals surface area contributed by atoms with Crippen LogP contribution in [0.25, 0.3) is 0 Å². The van der Waals surface area contributed by atoms with Crippen LogP contribution in [0.5, 0.6) is 5.75 Å². The Morgan fingerprint density at radius 3 is 2.20 bits per heavy atom. The molecule has 25 heavy (non-hydrogen) atoms. The molecule has 0 bridgehead atoms. The maximum Gasteiger partial charge on any atom is 0.309 e. The molecule has 5 heteroatoms. The molecule has 0 heterocycles. The molecule has 0 unspecified atom stereocenters. The van der Waals surface area contributed by atoms with E-state index in [1.165, 1.54) is 0 Å². The largest absolute Gasteiger partial charge is 0.489 e. The van der Waals surface area contributed by atoms with Gasteiger partial charge in [0.25, 0.3) is 5.91 Å². The van der Waals surface area contributed by atoms with Crippen LogP contribution in [-0.2, 0) is 20.9 Å². The van der Waals surface area contributed by atoms with Gasteiger partial charge in [0.15, 0.2) is 6.10 Å². The van der Waals surface area contributed by atoms with Gasteiger partial charge in [0, 0.05) is 5.69 Å². The van der Waals surface area contributed by atoms with Gasteiger partial charge in [-0.1, -0.05) is 44.2 Å². The van der Waals surface area contributed by atoms with E-state index < -0.39 is 12.1 Å². The number of esters is 1. The molecule has 1 N–H and O–H groups in total. The Morgan fingerprint density at radius 2 is 1.60 bits per heavy atom. The van der Waals surface area contributed by atoms with Gasteiger partial charge in [-0.05, 0) is 36.8 Å². The molecule has 0 spiro atoms. The zero-order chi connectivity index (χ0) is 18.2. The minimum absolute atomic E-state index is 0.267. The first-order valence-electron chi connectivity index (χ1n) is 8.24. The number of nitrogens with one attached hydrogen (secondary N) is 1. The molecular weight excluding hydrogens is 318 g/mol. The van der Waals surface area contributed by atoms with Gasteiger partial charge >= 0.3 is 5.97 Å². The smallest absolute Gasteiger partial charge is 0.309 e. The molecule has 0 aliphatic rings. The first-order valence-corrected chi connectivity index (χ1v) is 8.24. The van der Waals surface area contributed by atoms with E-state index in [9.17, 15) is 9.59 Å². The highest BCUT2D eigenvalue weighted by atomic mass is 16.5. The number of ether oxygens (including phenoxy) is 2. The van der Waals surface area contributed by atoms with Crippen molar-refractivity contribution in [2.75, 3.05) is 5.32 Å². The van der Waals surface area contributed by atoms with Crippen molar-refractivity contribution >= 4 is 17.6 Å². The standard InChI is InChI=1S/C20H23NO4/c1-14(2)20(23)25-15(3)19(22)21-17-9-11-18(12-10-17)24-13-16-7-5-4-6-8-16/h4-12,14-15H,13H2,1-3H3,(H,21,22)/t15-/m1/s1. The minimum atomic E-state index is -0.844. The highest BCUT2D eigenvalue weighted by Gasteiger charge is 2.19. The van der Waals surface area contributed by atoms with Crippen LogP contribution < -0.4 is 10.1 Å². The number of rotatable bonds is 7. The molecule has 0 aliphatic heterocycles. The van der Waals surface area contributed by atoms with Gasteiger partial charge in [-0.25, -0.2) is 0 Å². The van der Waals surface area contributed by atoms with Crippen LogP contribution >= 0.6 is 0 Å². The topological polar surface area (TPSA) is 64.6 Å². The number of hydrogen-bond acceptors (Lipinski definition) is 4. The summed E-state index contributed by atoms with van der Waals surface area (Å²) < 4.78 is 10.8. The molecule has 0 fully saturated rings. The quantitative estimate of drug-likeness (QED) is 0.778. The lowest BCUT2D eigenvalue weighted by atomic mass is 10.2. The molecule has 0 saturated carbocycles. The van der Waals surface area contributed by atoms with E-state index in [4.69, 9.17) is 9.47 Å². The Balaban J connectivity index is 1.85. The van der Waals surface area contributed by atoms with E-state index in [0.717, 1.165) is 5.56 Å². The van der Waals surface area contributed by atoms with Crippen molar-refractivity contribution in [2.45, 2.75) is 33.5 Å². The van der Waals surface area contributed by atoms with Crippen molar-refractivity contribution in [3.8, 4) is 5.75 Å². The molecule has 2 aromatic carbocycles. The van der Waals surface area contributed by atoms with E-state index in [-0.39, 0.29) is 11.8 Å². The van der Waals surface area contributed by atoms with Crippen molar-refractivity contribution in [3.05, 3.63) is 60.2 Å². The van der Waals surface area contributed by atoms with Gasteiger partial charge in [-0.2, -0.15) is 0 Å². The zero-order valence-electron chi connectivity index (χ0n) is 14.7.